The molecule has 1 aromatic rings. The van der Waals surface area contributed by atoms with E-state index in [1.807, 2.05) is 18.2 Å². The van der Waals surface area contributed by atoms with Gasteiger partial charge in [-0.05, 0) is 48.6 Å². The van der Waals surface area contributed by atoms with E-state index in [1.54, 1.807) is 7.11 Å². The normalized spacial score (nSPS) is 15.0. The number of rotatable bonds is 11. The third-order valence-corrected chi connectivity index (χ3v) is 6.44. The maximum absolute atomic E-state index is 11.1. The summed E-state index contributed by atoms with van der Waals surface area (Å²) in [6.45, 7) is 2.36. The summed E-state index contributed by atoms with van der Waals surface area (Å²) in [5.74, 6) is 0.203. The first kappa shape index (κ1) is 21.9. The van der Waals surface area contributed by atoms with E-state index in [1.165, 1.54) is 7.11 Å². The molecular weight excluding hydrogens is 357 g/mol. The smallest absolute Gasteiger partial charge is 0.305 e. The molecule has 1 unspecified atom stereocenters. The Bertz CT molecular complexity index is 625. The summed E-state index contributed by atoms with van der Waals surface area (Å²) < 4.78 is 10.0. The van der Waals surface area contributed by atoms with Crippen LogP contribution in [0.25, 0.3) is 0 Å². The minimum absolute atomic E-state index is 0.201. The van der Waals surface area contributed by atoms with Gasteiger partial charge in [-0.3, -0.25) is 4.79 Å². The van der Waals surface area contributed by atoms with Gasteiger partial charge in [0.1, 0.15) is 0 Å². The van der Waals surface area contributed by atoms with E-state index in [-0.39, 0.29) is 5.97 Å². The molecule has 8 heteroatoms. The molecule has 0 radical (unpaired) electrons. The lowest BCUT2D eigenvalue weighted by molar-refractivity contribution is -0.140. The maximum atomic E-state index is 11.1. The SMILES string of the molecule is CC[C@H](C)c1ccccc1N=NP(=S)(NCCCCC(=O)OC)OC. The molecule has 0 aliphatic carbocycles. The summed E-state index contributed by atoms with van der Waals surface area (Å²) in [6.07, 6.45) is 2.95. The van der Waals surface area contributed by atoms with Crippen molar-refractivity contribution in [2.45, 2.75) is 45.4 Å². The molecule has 0 fully saturated rings. The van der Waals surface area contributed by atoms with Crippen LogP contribution in [0.2, 0.25) is 0 Å². The number of methoxy groups -OCH3 is 1. The number of unbranched alkanes of at least 4 members (excludes halogenated alkanes) is 1. The molecule has 2 atom stereocenters. The van der Waals surface area contributed by atoms with Crippen molar-refractivity contribution in [3.63, 3.8) is 0 Å². The number of carbonyl (C=O) groups excluding carboxylic acids is 1. The van der Waals surface area contributed by atoms with Gasteiger partial charge in [-0.25, -0.2) is 5.09 Å². The van der Waals surface area contributed by atoms with Crippen LogP contribution in [-0.4, -0.2) is 26.7 Å². The van der Waals surface area contributed by atoms with E-state index in [4.69, 9.17) is 16.3 Å². The Morgan fingerprint density at radius 2 is 2.04 bits per heavy atom. The minimum Gasteiger partial charge on any atom is -0.469 e. The van der Waals surface area contributed by atoms with E-state index in [9.17, 15) is 4.79 Å². The number of nitrogens with one attached hydrogen (secondary N) is 1. The highest BCUT2D eigenvalue weighted by atomic mass is 32.4. The number of nitrogens with zero attached hydrogens (tertiary/aromatic N) is 2. The van der Waals surface area contributed by atoms with Crippen LogP contribution in [0.15, 0.2) is 34.3 Å². The summed E-state index contributed by atoms with van der Waals surface area (Å²) in [4.78, 5) is 15.4. The zero-order chi connectivity index (χ0) is 18.7. The number of benzene rings is 1. The summed E-state index contributed by atoms with van der Waals surface area (Å²) in [5, 5.41) is 7.53. The zero-order valence-corrected chi connectivity index (χ0v) is 17.1. The zero-order valence-electron chi connectivity index (χ0n) is 15.4. The van der Waals surface area contributed by atoms with Crippen molar-refractivity contribution in [2.24, 2.45) is 10.00 Å². The summed E-state index contributed by atoms with van der Waals surface area (Å²) >= 11 is 5.49. The summed E-state index contributed by atoms with van der Waals surface area (Å²) in [7, 11) is 2.94. The lowest BCUT2D eigenvalue weighted by Crippen LogP contribution is -2.12. The number of ether oxygens (including phenoxy) is 1. The Morgan fingerprint density at radius 1 is 1.32 bits per heavy atom. The topological polar surface area (TPSA) is 72.3 Å². The van der Waals surface area contributed by atoms with Crippen molar-refractivity contribution < 1.29 is 14.1 Å². The molecule has 0 bridgehead atoms. The second kappa shape index (κ2) is 11.5. The lowest BCUT2D eigenvalue weighted by atomic mass is 9.97. The first-order valence-corrected chi connectivity index (χ1v) is 11.1. The fraction of sp³-hybridized carbons (Fsp3) is 0.588. The van der Waals surface area contributed by atoms with Gasteiger partial charge in [0.25, 0.3) is 6.57 Å². The van der Waals surface area contributed by atoms with Crippen LogP contribution < -0.4 is 5.09 Å². The number of hydrogen-bond acceptors (Lipinski definition) is 5. The van der Waals surface area contributed by atoms with E-state index in [0.717, 1.165) is 30.5 Å². The third-order valence-electron chi connectivity index (χ3n) is 3.94. The molecule has 0 amide bonds. The molecular formula is C17H28N3O3PS. The Kier molecular flexibility index (Phi) is 10.0. The van der Waals surface area contributed by atoms with E-state index in [0.29, 0.717) is 18.9 Å². The second-order valence-electron chi connectivity index (χ2n) is 5.70. The molecule has 1 rings (SSSR count). The first-order valence-electron chi connectivity index (χ1n) is 8.45. The van der Waals surface area contributed by atoms with Gasteiger partial charge in [-0.15, -0.1) is 10.00 Å². The highest BCUT2D eigenvalue weighted by molar-refractivity contribution is 8.10. The Hall–Kier alpha value is -1.14. The van der Waals surface area contributed by atoms with Crippen molar-refractivity contribution in [1.29, 1.82) is 0 Å². The van der Waals surface area contributed by atoms with Gasteiger partial charge < -0.3 is 9.26 Å². The summed E-state index contributed by atoms with van der Waals surface area (Å²) in [5.41, 5.74) is 1.99. The molecule has 1 N–H and O–H groups in total. The van der Waals surface area contributed by atoms with E-state index >= 15 is 0 Å². The molecule has 140 valence electrons. The molecule has 0 aromatic heterocycles. The Balaban J connectivity index is 2.66. The van der Waals surface area contributed by atoms with Crippen molar-refractivity contribution in [2.75, 3.05) is 20.8 Å². The molecule has 25 heavy (non-hydrogen) atoms. The van der Waals surface area contributed by atoms with Gasteiger partial charge in [0, 0.05) is 20.1 Å². The number of esters is 1. The van der Waals surface area contributed by atoms with Crippen molar-refractivity contribution in [1.82, 2.24) is 5.09 Å². The largest absolute Gasteiger partial charge is 0.469 e. The van der Waals surface area contributed by atoms with Crippen LogP contribution in [-0.2, 0) is 25.9 Å². The van der Waals surface area contributed by atoms with Crippen molar-refractivity contribution in [3.05, 3.63) is 29.8 Å². The molecule has 0 spiro atoms. The van der Waals surface area contributed by atoms with Crippen LogP contribution >= 0.6 is 6.57 Å². The lowest BCUT2D eigenvalue weighted by Gasteiger charge is -2.16. The molecule has 6 nitrogen and oxygen atoms in total. The fourth-order valence-electron chi connectivity index (χ4n) is 2.17. The fourth-order valence-corrected chi connectivity index (χ4v) is 3.48. The second-order valence-corrected chi connectivity index (χ2v) is 9.09. The van der Waals surface area contributed by atoms with Crippen molar-refractivity contribution in [3.8, 4) is 0 Å². The van der Waals surface area contributed by atoms with Crippen LogP contribution in [0.5, 0.6) is 0 Å². The molecule has 0 saturated heterocycles. The molecule has 0 saturated carbocycles. The first-order chi connectivity index (χ1) is 12.0. The molecule has 1 aromatic carbocycles. The van der Waals surface area contributed by atoms with Crippen LogP contribution in [0.3, 0.4) is 0 Å². The number of hydrogen-bond donors (Lipinski definition) is 1. The van der Waals surface area contributed by atoms with Crippen LogP contribution in [0.4, 0.5) is 5.69 Å². The molecule has 0 heterocycles. The van der Waals surface area contributed by atoms with Gasteiger partial charge in [0.05, 0.1) is 12.8 Å². The predicted octanol–water partition coefficient (Wildman–Crippen LogP) is 5.09. The van der Waals surface area contributed by atoms with Gasteiger partial charge in [-0.2, -0.15) is 0 Å². The quantitative estimate of drug-likeness (QED) is 0.249. The average molecular weight is 385 g/mol. The standard InChI is InChI=1S/C17H28N3O3PS/c1-5-14(2)15-10-6-7-11-16(15)19-20-24(25,23-4)18-13-9-8-12-17(21)22-3/h6-7,10-11,14H,5,8-9,12-13H2,1-4H3,(H,18,25)/t14-,24?/m0/s1. The maximum Gasteiger partial charge on any atom is 0.305 e. The van der Waals surface area contributed by atoms with Crippen LogP contribution in [0.1, 0.15) is 51.0 Å². The van der Waals surface area contributed by atoms with Crippen LogP contribution in [0, 0.1) is 0 Å². The van der Waals surface area contributed by atoms with E-state index in [2.05, 4.69) is 39.7 Å². The van der Waals surface area contributed by atoms with Gasteiger partial charge in [-0.1, -0.05) is 32.0 Å². The highest BCUT2D eigenvalue weighted by Gasteiger charge is 2.15. The van der Waals surface area contributed by atoms with Gasteiger partial charge in [0.15, 0.2) is 0 Å². The predicted molar refractivity (Wildman–Crippen MR) is 105 cm³/mol. The average Bonchev–Trinajstić information content (AvgIpc) is 2.65. The van der Waals surface area contributed by atoms with E-state index < -0.39 is 6.57 Å². The molecule has 0 aliphatic rings. The van der Waals surface area contributed by atoms with Gasteiger partial charge >= 0.3 is 5.97 Å². The summed E-state index contributed by atoms with van der Waals surface area (Å²) in [6, 6.07) is 7.96. The monoisotopic (exact) mass is 385 g/mol. The highest BCUT2D eigenvalue weighted by Crippen LogP contribution is 2.45. The Morgan fingerprint density at radius 3 is 2.68 bits per heavy atom. The third kappa shape index (κ3) is 7.74. The van der Waals surface area contributed by atoms with Crippen molar-refractivity contribution >= 4 is 30.0 Å². The van der Waals surface area contributed by atoms with Gasteiger partial charge in [0.2, 0.25) is 0 Å². The Labute approximate surface area is 155 Å². The molecule has 0 aliphatic heterocycles. The minimum atomic E-state index is -2.57. The number of carbonyl (C=O) groups is 1.